The molecule has 144 valence electrons. The molecule has 1 aliphatic rings. The standard InChI is InChI=1S/C20H21ClN6O/c21-18-3-1-2-17(12-18)14-25-8-10-26(11-9-25)20(28)13-16-4-6-19(7-5-16)27-15-22-23-24-27/h1-7,12,15H,8-11,13-14H2. The van der Waals surface area contributed by atoms with Gasteiger partial charge in [0, 0.05) is 37.7 Å². The number of carbonyl (C=O) groups is 1. The topological polar surface area (TPSA) is 67.2 Å². The Morgan fingerprint density at radius 2 is 1.79 bits per heavy atom. The highest BCUT2D eigenvalue weighted by atomic mass is 35.5. The number of amides is 1. The van der Waals surface area contributed by atoms with E-state index in [-0.39, 0.29) is 5.91 Å². The molecule has 0 aliphatic carbocycles. The number of carbonyl (C=O) groups excluding carboxylic acids is 1. The van der Waals surface area contributed by atoms with Gasteiger partial charge >= 0.3 is 0 Å². The number of aromatic nitrogens is 4. The van der Waals surface area contributed by atoms with Crippen molar-refractivity contribution >= 4 is 17.5 Å². The fourth-order valence-electron chi connectivity index (χ4n) is 3.38. The highest BCUT2D eigenvalue weighted by molar-refractivity contribution is 6.30. The molecular weight excluding hydrogens is 376 g/mol. The lowest BCUT2D eigenvalue weighted by Gasteiger charge is -2.35. The maximum atomic E-state index is 12.6. The molecule has 1 saturated heterocycles. The van der Waals surface area contributed by atoms with Crippen LogP contribution in [0.3, 0.4) is 0 Å². The third-order valence-electron chi connectivity index (χ3n) is 4.93. The van der Waals surface area contributed by atoms with Gasteiger partial charge in [0.15, 0.2) is 0 Å². The predicted octanol–water partition coefficient (Wildman–Crippen LogP) is 2.20. The van der Waals surface area contributed by atoms with Crippen LogP contribution >= 0.6 is 11.6 Å². The molecule has 1 aliphatic heterocycles. The summed E-state index contributed by atoms with van der Waals surface area (Å²) in [4.78, 5) is 16.9. The minimum absolute atomic E-state index is 0.164. The van der Waals surface area contributed by atoms with E-state index < -0.39 is 0 Å². The van der Waals surface area contributed by atoms with Gasteiger partial charge in [-0.05, 0) is 45.8 Å². The molecule has 0 radical (unpaired) electrons. The van der Waals surface area contributed by atoms with Crippen molar-refractivity contribution in [1.82, 2.24) is 30.0 Å². The van der Waals surface area contributed by atoms with Gasteiger partial charge in [0.25, 0.3) is 0 Å². The quantitative estimate of drug-likeness (QED) is 0.661. The second kappa shape index (κ2) is 8.50. The van der Waals surface area contributed by atoms with E-state index in [4.69, 9.17) is 11.6 Å². The maximum absolute atomic E-state index is 12.6. The number of benzene rings is 2. The number of halogens is 1. The van der Waals surface area contributed by atoms with Crippen molar-refractivity contribution in [2.75, 3.05) is 26.2 Å². The zero-order valence-corrected chi connectivity index (χ0v) is 16.2. The molecule has 0 spiro atoms. The van der Waals surface area contributed by atoms with Gasteiger partial charge in [0.05, 0.1) is 12.1 Å². The van der Waals surface area contributed by atoms with E-state index in [1.807, 2.05) is 47.4 Å². The Morgan fingerprint density at radius 3 is 2.46 bits per heavy atom. The van der Waals surface area contributed by atoms with Gasteiger partial charge in [-0.15, -0.1) is 5.10 Å². The van der Waals surface area contributed by atoms with Gasteiger partial charge in [-0.25, -0.2) is 4.68 Å². The second-order valence-electron chi connectivity index (χ2n) is 6.88. The molecule has 4 rings (SSSR count). The molecule has 2 heterocycles. The van der Waals surface area contributed by atoms with Crippen molar-refractivity contribution in [1.29, 1.82) is 0 Å². The van der Waals surface area contributed by atoms with E-state index in [0.29, 0.717) is 6.42 Å². The zero-order chi connectivity index (χ0) is 19.3. The molecule has 7 nitrogen and oxygen atoms in total. The van der Waals surface area contributed by atoms with E-state index >= 15 is 0 Å². The van der Waals surface area contributed by atoms with Crippen LogP contribution < -0.4 is 0 Å². The van der Waals surface area contributed by atoms with Crippen LogP contribution in [0.1, 0.15) is 11.1 Å². The normalized spacial score (nSPS) is 15.0. The number of tetrazole rings is 1. The van der Waals surface area contributed by atoms with Crippen LogP contribution in [-0.2, 0) is 17.8 Å². The van der Waals surface area contributed by atoms with Crippen molar-refractivity contribution in [3.63, 3.8) is 0 Å². The average molecular weight is 397 g/mol. The molecule has 1 aromatic heterocycles. The van der Waals surface area contributed by atoms with Crippen molar-refractivity contribution in [3.05, 3.63) is 71.0 Å². The molecule has 0 bridgehead atoms. The minimum atomic E-state index is 0.164. The highest BCUT2D eigenvalue weighted by Crippen LogP contribution is 2.15. The van der Waals surface area contributed by atoms with Gasteiger partial charge < -0.3 is 4.90 Å². The van der Waals surface area contributed by atoms with Crippen LogP contribution in [0.5, 0.6) is 0 Å². The fraction of sp³-hybridized carbons (Fsp3) is 0.300. The van der Waals surface area contributed by atoms with Crippen LogP contribution in [0.2, 0.25) is 5.02 Å². The van der Waals surface area contributed by atoms with Crippen molar-refractivity contribution in [3.8, 4) is 5.69 Å². The summed E-state index contributed by atoms with van der Waals surface area (Å²) in [5.41, 5.74) is 3.06. The van der Waals surface area contributed by atoms with Crippen LogP contribution in [0, 0.1) is 0 Å². The Hall–Kier alpha value is -2.77. The number of hydrogen-bond donors (Lipinski definition) is 0. The Labute approximate surface area is 168 Å². The predicted molar refractivity (Wildman–Crippen MR) is 106 cm³/mol. The second-order valence-corrected chi connectivity index (χ2v) is 7.32. The molecule has 28 heavy (non-hydrogen) atoms. The smallest absolute Gasteiger partial charge is 0.227 e. The summed E-state index contributed by atoms with van der Waals surface area (Å²) in [6.45, 7) is 4.11. The largest absolute Gasteiger partial charge is 0.340 e. The van der Waals surface area contributed by atoms with Crippen LogP contribution in [0.25, 0.3) is 5.69 Å². The maximum Gasteiger partial charge on any atom is 0.227 e. The first-order valence-corrected chi connectivity index (χ1v) is 9.62. The summed E-state index contributed by atoms with van der Waals surface area (Å²) in [7, 11) is 0. The third-order valence-corrected chi connectivity index (χ3v) is 5.16. The number of rotatable bonds is 5. The van der Waals surface area contributed by atoms with E-state index in [2.05, 4.69) is 26.5 Å². The third kappa shape index (κ3) is 4.55. The highest BCUT2D eigenvalue weighted by Gasteiger charge is 2.21. The Balaban J connectivity index is 1.28. The number of piperazine rings is 1. The lowest BCUT2D eigenvalue weighted by atomic mass is 10.1. The summed E-state index contributed by atoms with van der Waals surface area (Å²) >= 11 is 6.06. The summed E-state index contributed by atoms with van der Waals surface area (Å²) in [5, 5.41) is 11.9. The molecule has 8 heteroatoms. The SMILES string of the molecule is O=C(Cc1ccc(-n2cnnn2)cc1)N1CCN(Cc2cccc(Cl)c2)CC1. The first-order chi connectivity index (χ1) is 13.7. The molecule has 3 aromatic rings. The average Bonchev–Trinajstić information content (AvgIpc) is 3.24. The number of hydrogen-bond acceptors (Lipinski definition) is 5. The Bertz CT molecular complexity index is 920. The van der Waals surface area contributed by atoms with Crippen molar-refractivity contribution in [2.45, 2.75) is 13.0 Å². The van der Waals surface area contributed by atoms with Crippen molar-refractivity contribution < 1.29 is 4.79 Å². The lowest BCUT2D eigenvalue weighted by molar-refractivity contribution is -0.132. The Kier molecular flexibility index (Phi) is 5.64. The summed E-state index contributed by atoms with van der Waals surface area (Å²) in [6.07, 6.45) is 1.95. The fourth-order valence-corrected chi connectivity index (χ4v) is 3.59. The van der Waals surface area contributed by atoms with E-state index in [1.165, 1.54) is 5.56 Å². The molecule has 0 unspecified atom stereocenters. The van der Waals surface area contributed by atoms with Gasteiger partial charge in [-0.2, -0.15) is 0 Å². The molecule has 0 N–H and O–H groups in total. The van der Waals surface area contributed by atoms with Crippen LogP contribution in [-0.4, -0.2) is 62.1 Å². The summed E-state index contributed by atoms with van der Waals surface area (Å²) in [6, 6.07) is 15.7. The molecule has 1 amide bonds. The van der Waals surface area contributed by atoms with Gasteiger partial charge in [0.2, 0.25) is 5.91 Å². The first-order valence-electron chi connectivity index (χ1n) is 9.24. The van der Waals surface area contributed by atoms with E-state index in [9.17, 15) is 4.79 Å². The molecule has 1 fully saturated rings. The van der Waals surface area contributed by atoms with Crippen LogP contribution in [0.15, 0.2) is 54.9 Å². The summed E-state index contributed by atoms with van der Waals surface area (Å²) < 4.78 is 1.59. The van der Waals surface area contributed by atoms with Gasteiger partial charge in [0.1, 0.15) is 6.33 Å². The number of nitrogens with zero attached hydrogens (tertiary/aromatic N) is 6. The lowest BCUT2D eigenvalue weighted by Crippen LogP contribution is -2.48. The summed E-state index contributed by atoms with van der Waals surface area (Å²) in [5.74, 6) is 0.164. The molecule has 2 aromatic carbocycles. The minimum Gasteiger partial charge on any atom is -0.340 e. The molecule has 0 saturated carbocycles. The van der Waals surface area contributed by atoms with Gasteiger partial charge in [-0.3, -0.25) is 9.69 Å². The molecular formula is C20H21ClN6O. The van der Waals surface area contributed by atoms with E-state index in [0.717, 1.165) is 49.0 Å². The molecule has 0 atom stereocenters. The van der Waals surface area contributed by atoms with E-state index in [1.54, 1.807) is 11.0 Å². The first kappa shape index (κ1) is 18.6. The Morgan fingerprint density at radius 1 is 1.00 bits per heavy atom. The zero-order valence-electron chi connectivity index (χ0n) is 15.4. The van der Waals surface area contributed by atoms with Gasteiger partial charge in [-0.1, -0.05) is 35.9 Å². The monoisotopic (exact) mass is 396 g/mol. The van der Waals surface area contributed by atoms with Crippen molar-refractivity contribution in [2.24, 2.45) is 0 Å². The van der Waals surface area contributed by atoms with Crippen LogP contribution in [0.4, 0.5) is 0 Å².